The number of carbonyl (C=O) groups excluding carboxylic acids is 1. The minimum atomic E-state index is -4.15. The Morgan fingerprint density at radius 1 is 1.10 bits per heavy atom. The van der Waals surface area contributed by atoms with Crippen LogP contribution in [-0.2, 0) is 4.79 Å². The fourth-order valence-corrected chi connectivity index (χ4v) is 3.76. The molecule has 1 amide bonds. The molecule has 0 aromatic carbocycles. The third-order valence-electron chi connectivity index (χ3n) is 4.88. The van der Waals surface area contributed by atoms with E-state index in [2.05, 4.69) is 0 Å². The first-order chi connectivity index (χ1) is 9.43. The van der Waals surface area contributed by atoms with E-state index in [0.717, 1.165) is 25.7 Å². The van der Waals surface area contributed by atoms with Gasteiger partial charge in [-0.3, -0.25) is 4.79 Å². The maximum atomic E-state index is 12.8. The number of nitrogens with zero attached hydrogens (tertiary/aromatic N) is 1. The predicted octanol–water partition coefficient (Wildman–Crippen LogP) is 4.15. The van der Waals surface area contributed by atoms with Crippen molar-refractivity contribution in [1.82, 2.24) is 4.90 Å². The quantitative estimate of drug-likeness (QED) is 0.765. The molecule has 0 N–H and O–H groups in total. The van der Waals surface area contributed by atoms with E-state index in [1.54, 1.807) is 0 Å². The van der Waals surface area contributed by atoms with Crippen molar-refractivity contribution in [2.75, 3.05) is 6.54 Å². The standard InChI is InChI=1S/C15H24F3NO/c1-2-19(13-8-3-4-9-13)14(20)11-6-5-7-12(10-11)15(16,17)18/h11-13H,2-10H2,1H3. The Morgan fingerprint density at radius 3 is 2.30 bits per heavy atom. The second kappa shape index (κ2) is 6.35. The number of hydrogen-bond donors (Lipinski definition) is 0. The molecule has 0 heterocycles. The smallest absolute Gasteiger partial charge is 0.340 e. The summed E-state index contributed by atoms with van der Waals surface area (Å²) < 4.78 is 38.5. The summed E-state index contributed by atoms with van der Waals surface area (Å²) in [6.45, 7) is 2.55. The Bertz CT molecular complexity index is 337. The Morgan fingerprint density at radius 2 is 1.75 bits per heavy atom. The Kier molecular flexibility index (Phi) is 4.97. The summed E-state index contributed by atoms with van der Waals surface area (Å²) >= 11 is 0. The van der Waals surface area contributed by atoms with Crippen LogP contribution in [0.1, 0.15) is 58.3 Å². The van der Waals surface area contributed by atoms with E-state index >= 15 is 0 Å². The van der Waals surface area contributed by atoms with Crippen molar-refractivity contribution in [3.05, 3.63) is 0 Å². The second-order valence-electron chi connectivity index (χ2n) is 6.16. The van der Waals surface area contributed by atoms with Gasteiger partial charge >= 0.3 is 6.18 Å². The number of carbonyl (C=O) groups is 1. The molecule has 2 nitrogen and oxygen atoms in total. The molecule has 20 heavy (non-hydrogen) atoms. The zero-order valence-electron chi connectivity index (χ0n) is 12.1. The van der Waals surface area contributed by atoms with Crippen LogP contribution in [-0.4, -0.2) is 29.6 Å². The van der Waals surface area contributed by atoms with E-state index < -0.39 is 18.0 Å². The summed E-state index contributed by atoms with van der Waals surface area (Å²) in [5.74, 6) is -1.74. The predicted molar refractivity (Wildman–Crippen MR) is 71.1 cm³/mol. The van der Waals surface area contributed by atoms with Crippen LogP contribution >= 0.6 is 0 Å². The molecule has 2 aliphatic carbocycles. The molecule has 0 saturated heterocycles. The van der Waals surface area contributed by atoms with Gasteiger partial charge in [-0.1, -0.05) is 19.3 Å². The van der Waals surface area contributed by atoms with Crippen molar-refractivity contribution in [2.45, 2.75) is 70.5 Å². The lowest BCUT2D eigenvalue weighted by Crippen LogP contribution is -2.44. The summed E-state index contributed by atoms with van der Waals surface area (Å²) in [6.07, 6.45) is 1.44. The Hall–Kier alpha value is -0.740. The average Bonchev–Trinajstić information content (AvgIpc) is 2.92. The maximum absolute atomic E-state index is 12.8. The fraction of sp³-hybridized carbons (Fsp3) is 0.933. The minimum Gasteiger partial charge on any atom is -0.340 e. The first-order valence-electron chi connectivity index (χ1n) is 7.80. The first kappa shape index (κ1) is 15.6. The van der Waals surface area contributed by atoms with Crippen LogP contribution in [0.4, 0.5) is 13.2 Å². The van der Waals surface area contributed by atoms with E-state index in [1.807, 2.05) is 11.8 Å². The molecule has 2 fully saturated rings. The number of halogens is 3. The highest BCUT2D eigenvalue weighted by Gasteiger charge is 2.44. The van der Waals surface area contributed by atoms with Crippen molar-refractivity contribution in [2.24, 2.45) is 11.8 Å². The van der Waals surface area contributed by atoms with Gasteiger partial charge in [0.05, 0.1) is 5.92 Å². The van der Waals surface area contributed by atoms with Crippen LogP contribution in [0.2, 0.25) is 0 Å². The monoisotopic (exact) mass is 291 g/mol. The van der Waals surface area contributed by atoms with Crippen molar-refractivity contribution < 1.29 is 18.0 Å². The van der Waals surface area contributed by atoms with Crippen LogP contribution in [0.15, 0.2) is 0 Å². The lowest BCUT2D eigenvalue weighted by Gasteiger charge is -2.35. The normalized spacial score (nSPS) is 28.6. The number of amides is 1. The minimum absolute atomic E-state index is 0.00838. The molecule has 0 aromatic rings. The summed E-state index contributed by atoms with van der Waals surface area (Å²) in [6, 6.07) is 0.263. The Balaban J connectivity index is 1.99. The topological polar surface area (TPSA) is 20.3 Å². The summed E-state index contributed by atoms with van der Waals surface area (Å²) in [5, 5.41) is 0. The highest BCUT2D eigenvalue weighted by Crippen LogP contribution is 2.41. The van der Waals surface area contributed by atoms with E-state index in [9.17, 15) is 18.0 Å². The molecule has 5 heteroatoms. The van der Waals surface area contributed by atoms with Gasteiger partial charge in [0.15, 0.2) is 0 Å². The SMILES string of the molecule is CCN(C(=O)C1CCCC(C(F)(F)F)C1)C1CCCC1. The molecule has 2 saturated carbocycles. The first-order valence-corrected chi connectivity index (χ1v) is 7.80. The molecule has 0 spiro atoms. The molecule has 116 valence electrons. The average molecular weight is 291 g/mol. The number of alkyl halides is 3. The second-order valence-corrected chi connectivity index (χ2v) is 6.16. The zero-order valence-corrected chi connectivity index (χ0v) is 12.1. The number of rotatable bonds is 3. The zero-order chi connectivity index (χ0) is 14.8. The summed E-state index contributed by atoms with van der Waals surface area (Å²) in [7, 11) is 0. The van der Waals surface area contributed by atoms with E-state index in [-0.39, 0.29) is 24.8 Å². The molecule has 0 bridgehead atoms. The molecule has 0 aliphatic heterocycles. The molecule has 2 rings (SSSR count). The van der Waals surface area contributed by atoms with Gasteiger partial charge in [0, 0.05) is 18.5 Å². The van der Waals surface area contributed by atoms with Gasteiger partial charge in [0.1, 0.15) is 0 Å². The largest absolute Gasteiger partial charge is 0.391 e. The van der Waals surface area contributed by atoms with Gasteiger partial charge < -0.3 is 4.90 Å². The van der Waals surface area contributed by atoms with Crippen LogP contribution < -0.4 is 0 Å². The fourth-order valence-electron chi connectivity index (χ4n) is 3.76. The van der Waals surface area contributed by atoms with Gasteiger partial charge in [-0.05, 0) is 39.0 Å². The number of hydrogen-bond acceptors (Lipinski definition) is 1. The lowest BCUT2D eigenvalue weighted by molar-refractivity contribution is -0.187. The van der Waals surface area contributed by atoms with Gasteiger partial charge in [-0.25, -0.2) is 0 Å². The van der Waals surface area contributed by atoms with E-state index in [4.69, 9.17) is 0 Å². The molecule has 0 aromatic heterocycles. The third kappa shape index (κ3) is 3.47. The van der Waals surface area contributed by atoms with Crippen molar-refractivity contribution in [3.8, 4) is 0 Å². The van der Waals surface area contributed by atoms with Crippen molar-refractivity contribution in [1.29, 1.82) is 0 Å². The molecule has 0 radical (unpaired) electrons. The van der Waals surface area contributed by atoms with Crippen LogP contribution in [0, 0.1) is 11.8 Å². The summed E-state index contributed by atoms with van der Waals surface area (Å²) in [4.78, 5) is 14.4. The Labute approximate surface area is 118 Å². The molecular formula is C15H24F3NO. The van der Waals surface area contributed by atoms with Crippen LogP contribution in [0.25, 0.3) is 0 Å². The van der Waals surface area contributed by atoms with Gasteiger partial charge in [-0.15, -0.1) is 0 Å². The molecular weight excluding hydrogens is 267 g/mol. The van der Waals surface area contributed by atoms with E-state index in [1.165, 1.54) is 0 Å². The summed E-state index contributed by atoms with van der Waals surface area (Å²) in [5.41, 5.74) is 0. The van der Waals surface area contributed by atoms with E-state index in [0.29, 0.717) is 19.4 Å². The van der Waals surface area contributed by atoms with Crippen molar-refractivity contribution in [3.63, 3.8) is 0 Å². The maximum Gasteiger partial charge on any atom is 0.391 e. The molecule has 2 unspecified atom stereocenters. The lowest BCUT2D eigenvalue weighted by atomic mass is 9.80. The highest BCUT2D eigenvalue weighted by molar-refractivity contribution is 5.79. The highest BCUT2D eigenvalue weighted by atomic mass is 19.4. The molecule has 2 aliphatic rings. The van der Waals surface area contributed by atoms with Crippen LogP contribution in [0.5, 0.6) is 0 Å². The van der Waals surface area contributed by atoms with Gasteiger partial charge in [0.25, 0.3) is 0 Å². The van der Waals surface area contributed by atoms with Gasteiger partial charge in [-0.2, -0.15) is 13.2 Å². The van der Waals surface area contributed by atoms with Crippen molar-refractivity contribution >= 4 is 5.91 Å². The third-order valence-corrected chi connectivity index (χ3v) is 4.88. The van der Waals surface area contributed by atoms with Crippen LogP contribution in [0.3, 0.4) is 0 Å². The van der Waals surface area contributed by atoms with Gasteiger partial charge in [0.2, 0.25) is 5.91 Å². The molecule has 2 atom stereocenters.